The van der Waals surface area contributed by atoms with Crippen molar-refractivity contribution in [2.75, 3.05) is 66.6 Å². The Bertz CT molecular complexity index is 380. The number of hydrogen-bond donors (Lipinski definition) is 0. The first-order valence-corrected chi connectivity index (χ1v) is 9.88. The Morgan fingerprint density at radius 1 is 1.00 bits per heavy atom. The number of likely N-dealkylation sites (N-methyl/N-ethyl adjacent to an activating group) is 1. The second kappa shape index (κ2) is 7.38. The third-order valence-electron chi connectivity index (χ3n) is 6.85. The molecule has 0 aromatic heterocycles. The quantitative estimate of drug-likeness (QED) is 0.722. The van der Waals surface area contributed by atoms with Gasteiger partial charge in [0.15, 0.2) is 0 Å². The molecule has 0 amide bonds. The standard InChI is InChI=1S/C19H38N2O2/c1-17(15-20(2)11-13-22-14-12-20)23-16-18-7-6-10-21(3)9-5-4-8-19(18)21/h17-19H,4-16H2,1-3H3/q+2/t17-,18-,19+,21?/m0/s1. The first-order chi connectivity index (χ1) is 11.0. The predicted octanol–water partition coefficient (Wildman–Crippen LogP) is 2.28. The van der Waals surface area contributed by atoms with Gasteiger partial charge in [-0.3, -0.25) is 0 Å². The van der Waals surface area contributed by atoms with Crippen LogP contribution in [-0.4, -0.2) is 87.8 Å². The van der Waals surface area contributed by atoms with E-state index in [1.807, 2.05) is 0 Å². The SMILES string of the molecule is C[C@@H](C[N+]1(C)CCOCC1)OC[C@@H]1CCC[N+]2(C)CCCC[C@H]12. The summed E-state index contributed by atoms with van der Waals surface area (Å²) < 4.78 is 14.3. The van der Waals surface area contributed by atoms with Crippen molar-refractivity contribution < 1.29 is 18.4 Å². The van der Waals surface area contributed by atoms with Crippen molar-refractivity contribution in [1.29, 1.82) is 0 Å². The van der Waals surface area contributed by atoms with Crippen LogP contribution in [0.15, 0.2) is 0 Å². The molecule has 0 saturated carbocycles. The predicted molar refractivity (Wildman–Crippen MR) is 93.3 cm³/mol. The minimum atomic E-state index is 0.363. The average Bonchev–Trinajstić information content (AvgIpc) is 2.52. The van der Waals surface area contributed by atoms with Crippen LogP contribution in [0.5, 0.6) is 0 Å². The van der Waals surface area contributed by atoms with Gasteiger partial charge in [0.1, 0.15) is 25.7 Å². The van der Waals surface area contributed by atoms with Crippen LogP contribution in [0.2, 0.25) is 0 Å². The van der Waals surface area contributed by atoms with E-state index in [0.29, 0.717) is 6.10 Å². The Kier molecular flexibility index (Phi) is 5.67. The minimum Gasteiger partial charge on any atom is -0.372 e. The lowest BCUT2D eigenvalue weighted by atomic mass is 9.82. The Morgan fingerprint density at radius 2 is 1.74 bits per heavy atom. The van der Waals surface area contributed by atoms with Crippen molar-refractivity contribution in [2.24, 2.45) is 5.92 Å². The normalized spacial score (nSPS) is 38.7. The molecule has 0 aromatic carbocycles. The first kappa shape index (κ1) is 17.7. The van der Waals surface area contributed by atoms with Crippen molar-refractivity contribution in [1.82, 2.24) is 0 Å². The van der Waals surface area contributed by atoms with E-state index in [-0.39, 0.29) is 0 Å². The van der Waals surface area contributed by atoms with Crippen molar-refractivity contribution in [3.8, 4) is 0 Å². The van der Waals surface area contributed by atoms with E-state index in [1.54, 1.807) is 0 Å². The summed E-state index contributed by atoms with van der Waals surface area (Å²) in [6.07, 6.45) is 7.41. The number of fused-ring (bicyclic) bond motifs is 1. The Hall–Kier alpha value is -0.160. The van der Waals surface area contributed by atoms with Crippen LogP contribution in [0.4, 0.5) is 0 Å². The molecule has 0 aromatic rings. The fourth-order valence-electron chi connectivity index (χ4n) is 5.36. The maximum absolute atomic E-state index is 6.38. The zero-order valence-electron chi connectivity index (χ0n) is 15.6. The van der Waals surface area contributed by atoms with Crippen molar-refractivity contribution in [3.05, 3.63) is 0 Å². The Morgan fingerprint density at radius 3 is 2.52 bits per heavy atom. The van der Waals surface area contributed by atoms with Crippen LogP contribution in [0.25, 0.3) is 0 Å². The molecular formula is C19H38N2O2+2. The maximum atomic E-state index is 6.38. The molecule has 4 heteroatoms. The number of ether oxygens (including phenoxy) is 2. The third kappa shape index (κ3) is 4.28. The minimum absolute atomic E-state index is 0.363. The fraction of sp³-hybridized carbons (Fsp3) is 1.00. The largest absolute Gasteiger partial charge is 0.372 e. The molecule has 3 rings (SSSR count). The van der Waals surface area contributed by atoms with E-state index in [9.17, 15) is 0 Å². The zero-order chi connectivity index (χ0) is 16.3. The first-order valence-electron chi connectivity index (χ1n) is 9.88. The molecule has 0 N–H and O–H groups in total. The molecule has 0 radical (unpaired) electrons. The highest BCUT2D eigenvalue weighted by molar-refractivity contribution is 4.79. The van der Waals surface area contributed by atoms with E-state index in [0.717, 1.165) is 55.9 Å². The molecular weight excluding hydrogens is 288 g/mol. The van der Waals surface area contributed by atoms with Gasteiger partial charge in [0.25, 0.3) is 0 Å². The molecule has 3 fully saturated rings. The van der Waals surface area contributed by atoms with E-state index in [1.165, 1.54) is 49.7 Å². The van der Waals surface area contributed by atoms with Crippen LogP contribution >= 0.6 is 0 Å². The molecule has 0 spiro atoms. The molecule has 1 unspecified atom stereocenters. The van der Waals surface area contributed by atoms with Gasteiger partial charge in [-0.05, 0) is 32.6 Å². The van der Waals surface area contributed by atoms with Crippen molar-refractivity contribution >= 4 is 0 Å². The van der Waals surface area contributed by atoms with E-state index in [2.05, 4.69) is 21.0 Å². The van der Waals surface area contributed by atoms with Gasteiger partial charge >= 0.3 is 0 Å². The summed E-state index contributed by atoms with van der Waals surface area (Å²) in [5.41, 5.74) is 0. The lowest BCUT2D eigenvalue weighted by Crippen LogP contribution is -2.61. The summed E-state index contributed by atoms with van der Waals surface area (Å²) in [5.74, 6) is 0.784. The number of piperidine rings is 2. The number of nitrogens with zero attached hydrogens (tertiary/aromatic N) is 2. The molecule has 3 aliphatic rings. The monoisotopic (exact) mass is 326 g/mol. The van der Waals surface area contributed by atoms with Gasteiger partial charge in [-0.2, -0.15) is 0 Å². The lowest BCUT2D eigenvalue weighted by molar-refractivity contribution is -0.947. The topological polar surface area (TPSA) is 18.5 Å². The number of hydrogen-bond acceptors (Lipinski definition) is 2. The smallest absolute Gasteiger partial charge is 0.105 e. The zero-order valence-corrected chi connectivity index (χ0v) is 15.6. The lowest BCUT2D eigenvalue weighted by Gasteiger charge is -2.51. The van der Waals surface area contributed by atoms with Crippen LogP contribution in [0, 0.1) is 5.92 Å². The summed E-state index contributed by atoms with van der Waals surface area (Å²) >= 11 is 0. The molecule has 134 valence electrons. The van der Waals surface area contributed by atoms with Gasteiger partial charge in [0, 0.05) is 12.3 Å². The van der Waals surface area contributed by atoms with Crippen molar-refractivity contribution in [2.45, 2.75) is 51.2 Å². The van der Waals surface area contributed by atoms with Gasteiger partial charge < -0.3 is 18.4 Å². The summed E-state index contributed by atoms with van der Waals surface area (Å²) in [6.45, 7) is 11.3. The summed E-state index contributed by atoms with van der Waals surface area (Å²) in [7, 11) is 4.86. The molecule has 0 bridgehead atoms. The number of rotatable bonds is 5. The fourth-order valence-corrected chi connectivity index (χ4v) is 5.36. The molecule has 4 atom stereocenters. The molecule has 23 heavy (non-hydrogen) atoms. The summed E-state index contributed by atoms with van der Waals surface area (Å²) in [6, 6.07) is 0.859. The van der Waals surface area contributed by atoms with Crippen LogP contribution < -0.4 is 0 Å². The number of quaternary nitrogens is 2. The maximum Gasteiger partial charge on any atom is 0.105 e. The highest BCUT2D eigenvalue weighted by Gasteiger charge is 2.43. The van der Waals surface area contributed by atoms with Crippen molar-refractivity contribution in [3.63, 3.8) is 0 Å². The Balaban J connectivity index is 1.49. The van der Waals surface area contributed by atoms with Gasteiger partial charge in [0.05, 0.1) is 53.0 Å². The highest BCUT2D eigenvalue weighted by atomic mass is 16.5. The molecule has 3 saturated heterocycles. The second-order valence-corrected chi connectivity index (χ2v) is 8.90. The van der Waals surface area contributed by atoms with E-state index < -0.39 is 0 Å². The Labute approximate surface area is 142 Å². The third-order valence-corrected chi connectivity index (χ3v) is 6.85. The van der Waals surface area contributed by atoms with Gasteiger partial charge in [-0.1, -0.05) is 0 Å². The second-order valence-electron chi connectivity index (χ2n) is 8.90. The van der Waals surface area contributed by atoms with Crippen LogP contribution in [0.3, 0.4) is 0 Å². The molecule has 0 aliphatic carbocycles. The van der Waals surface area contributed by atoms with Gasteiger partial charge in [0.2, 0.25) is 0 Å². The van der Waals surface area contributed by atoms with Crippen LogP contribution in [-0.2, 0) is 9.47 Å². The molecule has 3 heterocycles. The number of morpholine rings is 1. The average molecular weight is 327 g/mol. The highest BCUT2D eigenvalue weighted by Crippen LogP contribution is 2.36. The van der Waals surface area contributed by atoms with E-state index in [4.69, 9.17) is 9.47 Å². The summed E-state index contributed by atoms with van der Waals surface area (Å²) in [5, 5.41) is 0. The summed E-state index contributed by atoms with van der Waals surface area (Å²) in [4.78, 5) is 0. The molecule has 3 aliphatic heterocycles. The van der Waals surface area contributed by atoms with Gasteiger partial charge in [-0.25, -0.2) is 0 Å². The van der Waals surface area contributed by atoms with Gasteiger partial charge in [-0.15, -0.1) is 0 Å². The van der Waals surface area contributed by atoms with Crippen LogP contribution in [0.1, 0.15) is 39.0 Å². The molecule has 4 nitrogen and oxygen atoms in total. The van der Waals surface area contributed by atoms with E-state index >= 15 is 0 Å².